The molecule has 0 aliphatic rings. The molecule has 4 aromatic rings. The molecule has 0 radical (unpaired) electrons. The van der Waals surface area contributed by atoms with Crippen molar-refractivity contribution in [2.24, 2.45) is 5.92 Å². The van der Waals surface area contributed by atoms with Crippen LogP contribution >= 0.6 is 0 Å². The van der Waals surface area contributed by atoms with Crippen molar-refractivity contribution in [2.75, 3.05) is 6.54 Å². The monoisotopic (exact) mass is 407 g/mol. The van der Waals surface area contributed by atoms with Gasteiger partial charge in [0.15, 0.2) is 5.03 Å². The predicted octanol–water partition coefficient (Wildman–Crippen LogP) is 3.62. The fraction of sp³-hybridized carbons (Fsp3) is 0.190. The number of benzene rings is 2. The summed E-state index contributed by atoms with van der Waals surface area (Å²) in [6.07, 6.45) is 0. The van der Waals surface area contributed by atoms with Gasteiger partial charge in [-0.2, -0.15) is 5.10 Å². The highest BCUT2D eigenvalue weighted by atomic mass is 32.2. The van der Waals surface area contributed by atoms with Crippen LogP contribution in [-0.2, 0) is 10.0 Å². The topological polar surface area (TPSA) is 101 Å². The van der Waals surface area contributed by atoms with E-state index in [0.29, 0.717) is 23.2 Å². The molecule has 0 saturated carbocycles. The summed E-state index contributed by atoms with van der Waals surface area (Å²) in [6, 6.07) is 19.2. The molecule has 0 bridgehead atoms. The van der Waals surface area contributed by atoms with Gasteiger partial charge in [0.25, 0.3) is 10.0 Å². The second-order valence-electron chi connectivity index (χ2n) is 7.15. The molecule has 2 N–H and O–H groups in total. The van der Waals surface area contributed by atoms with E-state index < -0.39 is 10.0 Å². The molecular formula is C21H21N5O2S. The van der Waals surface area contributed by atoms with Crippen LogP contribution in [0.5, 0.6) is 0 Å². The first kappa shape index (κ1) is 19.2. The quantitative estimate of drug-likeness (QED) is 0.508. The van der Waals surface area contributed by atoms with Crippen molar-refractivity contribution in [2.45, 2.75) is 18.9 Å². The van der Waals surface area contributed by atoms with Crippen LogP contribution in [0.15, 0.2) is 65.7 Å². The van der Waals surface area contributed by atoms with Crippen molar-refractivity contribution in [3.8, 4) is 22.4 Å². The van der Waals surface area contributed by atoms with Crippen LogP contribution < -0.4 is 4.72 Å². The summed E-state index contributed by atoms with van der Waals surface area (Å²) in [6.45, 7) is 4.22. The predicted molar refractivity (Wildman–Crippen MR) is 113 cm³/mol. The molecule has 0 spiro atoms. The highest BCUT2D eigenvalue weighted by Gasteiger charge is 2.26. The Bertz CT molecular complexity index is 1240. The molecule has 148 valence electrons. The lowest BCUT2D eigenvalue weighted by molar-refractivity contribution is 0.557. The fourth-order valence-corrected chi connectivity index (χ4v) is 4.43. The first-order valence-electron chi connectivity index (χ1n) is 9.32. The lowest BCUT2D eigenvalue weighted by Crippen LogP contribution is -2.28. The number of aromatic amines is 1. The average molecular weight is 407 g/mol. The van der Waals surface area contributed by atoms with Crippen molar-refractivity contribution in [3.63, 3.8) is 0 Å². The highest BCUT2D eigenvalue weighted by Crippen LogP contribution is 2.37. The molecule has 2 aromatic carbocycles. The fourth-order valence-electron chi connectivity index (χ4n) is 3.11. The first-order chi connectivity index (χ1) is 14.0. The molecular weight excluding hydrogens is 386 g/mol. The number of H-pyrrole nitrogens is 1. The molecule has 0 amide bonds. The van der Waals surface area contributed by atoms with Crippen molar-refractivity contribution < 1.29 is 8.42 Å². The van der Waals surface area contributed by atoms with E-state index >= 15 is 0 Å². The van der Waals surface area contributed by atoms with E-state index in [-0.39, 0.29) is 16.6 Å². The summed E-state index contributed by atoms with van der Waals surface area (Å²) >= 11 is 0. The Morgan fingerprint density at radius 1 is 0.931 bits per heavy atom. The standard InChI is InChI=1S/C21H21N5O2S/c1-14(2)13-22-29(27,28)21-18-17(15-9-5-3-6-10-15)19(16-11-7-4-8-12-16)23-24-20(18)25-26-21/h3-12,14,22H,13H2,1-2H3,(H,24,25,26). The molecule has 0 unspecified atom stereocenters. The van der Waals surface area contributed by atoms with Crippen molar-refractivity contribution in [1.82, 2.24) is 25.1 Å². The minimum Gasteiger partial charge on any atom is -0.263 e. The summed E-state index contributed by atoms with van der Waals surface area (Å²) in [4.78, 5) is 0. The van der Waals surface area contributed by atoms with Crippen LogP contribution in [0.3, 0.4) is 0 Å². The van der Waals surface area contributed by atoms with Gasteiger partial charge < -0.3 is 0 Å². The Morgan fingerprint density at radius 2 is 1.55 bits per heavy atom. The maximum absolute atomic E-state index is 13.0. The summed E-state index contributed by atoms with van der Waals surface area (Å²) < 4.78 is 28.7. The number of aromatic nitrogens is 4. The Labute approximate surface area is 169 Å². The number of rotatable bonds is 6. The van der Waals surface area contributed by atoms with Crippen LogP contribution in [0.1, 0.15) is 13.8 Å². The van der Waals surface area contributed by atoms with E-state index in [9.17, 15) is 8.42 Å². The molecule has 2 heterocycles. The van der Waals surface area contributed by atoms with Gasteiger partial charge in [-0.3, -0.25) is 5.10 Å². The number of nitrogens with one attached hydrogen (secondary N) is 2. The molecule has 29 heavy (non-hydrogen) atoms. The highest BCUT2D eigenvalue weighted by molar-refractivity contribution is 7.89. The van der Waals surface area contributed by atoms with E-state index in [1.54, 1.807) is 0 Å². The first-order valence-corrected chi connectivity index (χ1v) is 10.8. The largest absolute Gasteiger partial charge is 0.263 e. The molecule has 0 saturated heterocycles. The Kier molecular flexibility index (Phi) is 5.12. The third-order valence-corrected chi connectivity index (χ3v) is 5.89. The van der Waals surface area contributed by atoms with Gasteiger partial charge >= 0.3 is 0 Å². The van der Waals surface area contributed by atoms with E-state index in [1.807, 2.05) is 74.5 Å². The smallest absolute Gasteiger partial charge is 0.258 e. The van der Waals surface area contributed by atoms with Gasteiger partial charge in [0.2, 0.25) is 5.65 Å². The van der Waals surface area contributed by atoms with Crippen LogP contribution in [0, 0.1) is 5.92 Å². The molecule has 7 nitrogen and oxygen atoms in total. The van der Waals surface area contributed by atoms with Crippen LogP contribution in [0.25, 0.3) is 33.4 Å². The maximum atomic E-state index is 13.0. The molecule has 0 atom stereocenters. The molecule has 0 aliphatic heterocycles. The van der Waals surface area contributed by atoms with E-state index in [2.05, 4.69) is 25.1 Å². The average Bonchev–Trinajstić information content (AvgIpc) is 3.18. The lowest BCUT2D eigenvalue weighted by Gasteiger charge is -2.12. The van der Waals surface area contributed by atoms with E-state index in [0.717, 1.165) is 11.1 Å². The van der Waals surface area contributed by atoms with Gasteiger partial charge in [-0.1, -0.05) is 74.5 Å². The Morgan fingerprint density at radius 3 is 2.17 bits per heavy atom. The number of fused-ring (bicyclic) bond motifs is 1. The van der Waals surface area contributed by atoms with Gasteiger partial charge in [0.1, 0.15) is 5.69 Å². The van der Waals surface area contributed by atoms with Gasteiger partial charge in [0, 0.05) is 17.7 Å². The zero-order valence-corrected chi connectivity index (χ0v) is 16.9. The summed E-state index contributed by atoms with van der Waals surface area (Å²) in [7, 11) is -3.80. The van der Waals surface area contributed by atoms with Crippen LogP contribution in [0.4, 0.5) is 0 Å². The minimum atomic E-state index is -3.80. The number of sulfonamides is 1. The van der Waals surface area contributed by atoms with Crippen LogP contribution in [0.2, 0.25) is 0 Å². The minimum absolute atomic E-state index is 0.000848. The van der Waals surface area contributed by atoms with Crippen molar-refractivity contribution >= 4 is 21.1 Å². The lowest BCUT2D eigenvalue weighted by atomic mass is 9.98. The number of hydrogen-bond acceptors (Lipinski definition) is 5. The molecule has 0 fully saturated rings. The van der Waals surface area contributed by atoms with Crippen molar-refractivity contribution in [1.29, 1.82) is 0 Å². The normalized spacial score (nSPS) is 12.0. The zero-order valence-electron chi connectivity index (χ0n) is 16.1. The summed E-state index contributed by atoms with van der Waals surface area (Å²) in [5.41, 5.74) is 3.23. The molecule has 0 aliphatic carbocycles. The maximum Gasteiger partial charge on any atom is 0.258 e. The second-order valence-corrected chi connectivity index (χ2v) is 8.86. The number of nitrogens with zero attached hydrogens (tertiary/aromatic N) is 3. The SMILES string of the molecule is CC(C)CNS(=O)(=O)c1[nH]nc2nnc(-c3ccccc3)c(-c3ccccc3)c12. The van der Waals surface area contributed by atoms with Gasteiger partial charge in [-0.15, -0.1) is 10.2 Å². The van der Waals surface area contributed by atoms with Gasteiger partial charge in [-0.25, -0.2) is 13.1 Å². The second kappa shape index (κ2) is 7.73. The Hall–Kier alpha value is -3.10. The third-order valence-electron chi connectivity index (χ3n) is 4.51. The summed E-state index contributed by atoms with van der Waals surface area (Å²) in [5, 5.41) is 15.8. The van der Waals surface area contributed by atoms with Crippen LogP contribution in [-0.4, -0.2) is 35.4 Å². The molecule has 4 rings (SSSR count). The third kappa shape index (κ3) is 3.76. The van der Waals surface area contributed by atoms with E-state index in [4.69, 9.17) is 0 Å². The Balaban J connectivity index is 2.02. The molecule has 8 heteroatoms. The number of hydrogen-bond donors (Lipinski definition) is 2. The molecule has 2 aromatic heterocycles. The van der Waals surface area contributed by atoms with E-state index in [1.165, 1.54) is 0 Å². The van der Waals surface area contributed by atoms with Crippen molar-refractivity contribution in [3.05, 3.63) is 60.7 Å². The zero-order chi connectivity index (χ0) is 20.4. The van der Waals surface area contributed by atoms with Gasteiger partial charge in [0.05, 0.1) is 5.39 Å². The summed E-state index contributed by atoms with van der Waals surface area (Å²) in [5.74, 6) is 0.173. The van der Waals surface area contributed by atoms with Gasteiger partial charge in [-0.05, 0) is 11.5 Å².